The van der Waals surface area contributed by atoms with Gasteiger partial charge in [0.1, 0.15) is 6.04 Å². The summed E-state index contributed by atoms with van der Waals surface area (Å²) < 4.78 is 11.0. The van der Waals surface area contributed by atoms with E-state index in [4.69, 9.17) is 9.47 Å². The van der Waals surface area contributed by atoms with Crippen molar-refractivity contribution in [1.82, 2.24) is 10.2 Å². The summed E-state index contributed by atoms with van der Waals surface area (Å²) in [5, 5.41) is 5.16. The predicted octanol–water partition coefficient (Wildman–Crippen LogP) is 5.62. The minimum absolute atomic E-state index is 0.128. The number of aryl methyl sites for hydroxylation is 1. The van der Waals surface area contributed by atoms with Gasteiger partial charge in [-0.15, -0.1) is 11.3 Å². The maximum atomic E-state index is 13.9. The second-order valence-electron chi connectivity index (χ2n) is 9.20. The molecule has 1 aliphatic carbocycles. The van der Waals surface area contributed by atoms with Gasteiger partial charge in [0, 0.05) is 12.6 Å². The van der Waals surface area contributed by atoms with Gasteiger partial charge in [-0.2, -0.15) is 0 Å². The zero-order valence-electron chi connectivity index (χ0n) is 19.9. The van der Waals surface area contributed by atoms with E-state index in [9.17, 15) is 9.59 Å². The quantitative estimate of drug-likeness (QED) is 0.467. The van der Waals surface area contributed by atoms with Gasteiger partial charge in [-0.05, 0) is 60.0 Å². The van der Waals surface area contributed by atoms with Gasteiger partial charge in [0.05, 0.1) is 4.88 Å². The second-order valence-corrected chi connectivity index (χ2v) is 10.1. The number of carbonyl (C=O) groups is 2. The zero-order chi connectivity index (χ0) is 24.2. The number of carbonyl (C=O) groups excluding carboxylic acids is 2. The van der Waals surface area contributed by atoms with Crippen molar-refractivity contribution in [3.05, 3.63) is 81.5 Å². The van der Waals surface area contributed by atoms with E-state index in [2.05, 4.69) is 5.32 Å². The van der Waals surface area contributed by atoms with Crippen molar-refractivity contribution >= 4 is 23.2 Å². The molecule has 0 saturated heterocycles. The predicted molar refractivity (Wildman–Crippen MR) is 136 cm³/mol. The Labute approximate surface area is 209 Å². The number of nitrogens with zero attached hydrogens (tertiary/aromatic N) is 1. The minimum Gasteiger partial charge on any atom is -0.454 e. The molecule has 0 unspecified atom stereocenters. The van der Waals surface area contributed by atoms with Crippen molar-refractivity contribution < 1.29 is 19.1 Å². The molecule has 0 radical (unpaired) electrons. The molecule has 7 heteroatoms. The Hall–Kier alpha value is -3.32. The van der Waals surface area contributed by atoms with Crippen molar-refractivity contribution in [1.29, 1.82) is 0 Å². The monoisotopic (exact) mass is 490 g/mol. The van der Waals surface area contributed by atoms with Crippen LogP contribution in [-0.4, -0.2) is 29.5 Å². The SMILES string of the molecule is Cc1ccccc1[C@H](C(=O)NC1CCCCC1)N(Cc1ccc2c(c1)OCO2)C(=O)c1cccs1. The topological polar surface area (TPSA) is 67.9 Å². The number of thiophene rings is 1. The Morgan fingerprint density at radius 1 is 1.03 bits per heavy atom. The van der Waals surface area contributed by atoms with Crippen LogP contribution in [0.1, 0.15) is 64.5 Å². The lowest BCUT2D eigenvalue weighted by Gasteiger charge is -2.34. The summed E-state index contributed by atoms with van der Waals surface area (Å²) in [5.41, 5.74) is 2.70. The molecule has 2 heterocycles. The fourth-order valence-electron chi connectivity index (χ4n) is 4.93. The highest BCUT2D eigenvalue weighted by atomic mass is 32.1. The van der Waals surface area contributed by atoms with Crippen molar-refractivity contribution in [3.63, 3.8) is 0 Å². The molecule has 182 valence electrons. The molecular weight excluding hydrogens is 460 g/mol. The number of hydrogen-bond donors (Lipinski definition) is 1. The zero-order valence-corrected chi connectivity index (χ0v) is 20.7. The number of nitrogens with one attached hydrogen (secondary N) is 1. The number of rotatable bonds is 7. The molecule has 3 aromatic rings. The third kappa shape index (κ3) is 5.20. The van der Waals surface area contributed by atoms with Gasteiger partial charge in [0.15, 0.2) is 11.5 Å². The Bertz CT molecular complexity index is 1190. The number of amides is 2. The molecule has 0 bridgehead atoms. The lowest BCUT2D eigenvalue weighted by molar-refractivity contribution is -0.127. The molecule has 2 aliphatic rings. The van der Waals surface area contributed by atoms with E-state index in [0.29, 0.717) is 16.4 Å². The first-order valence-corrected chi connectivity index (χ1v) is 13.1. The van der Waals surface area contributed by atoms with Crippen LogP contribution in [0.3, 0.4) is 0 Å². The maximum Gasteiger partial charge on any atom is 0.265 e. The average Bonchev–Trinajstić information content (AvgIpc) is 3.57. The van der Waals surface area contributed by atoms with Gasteiger partial charge >= 0.3 is 0 Å². The lowest BCUT2D eigenvalue weighted by atomic mass is 9.93. The summed E-state index contributed by atoms with van der Waals surface area (Å²) in [7, 11) is 0. The first-order chi connectivity index (χ1) is 17.1. The molecule has 1 saturated carbocycles. The van der Waals surface area contributed by atoms with Gasteiger partial charge in [-0.25, -0.2) is 0 Å². The normalized spacial score (nSPS) is 16.0. The average molecular weight is 491 g/mol. The van der Waals surface area contributed by atoms with Crippen LogP contribution in [-0.2, 0) is 11.3 Å². The molecule has 1 atom stereocenters. The molecule has 1 aromatic heterocycles. The van der Waals surface area contributed by atoms with Crippen LogP contribution in [0.2, 0.25) is 0 Å². The Kier molecular flexibility index (Phi) is 7.04. The van der Waals surface area contributed by atoms with Crippen LogP contribution >= 0.6 is 11.3 Å². The molecule has 2 aromatic carbocycles. The van der Waals surface area contributed by atoms with Crippen LogP contribution in [0, 0.1) is 6.92 Å². The molecule has 1 fully saturated rings. The first-order valence-electron chi connectivity index (χ1n) is 12.2. The maximum absolute atomic E-state index is 13.9. The van der Waals surface area contributed by atoms with Crippen LogP contribution in [0.4, 0.5) is 0 Å². The molecule has 35 heavy (non-hydrogen) atoms. The van der Waals surface area contributed by atoms with E-state index in [1.807, 2.05) is 66.9 Å². The number of fused-ring (bicyclic) bond motifs is 1. The van der Waals surface area contributed by atoms with E-state index in [1.54, 1.807) is 4.90 Å². The second kappa shape index (κ2) is 10.5. The highest BCUT2D eigenvalue weighted by Gasteiger charge is 2.35. The molecule has 2 amide bonds. The van der Waals surface area contributed by atoms with Gasteiger partial charge in [0.2, 0.25) is 12.7 Å². The van der Waals surface area contributed by atoms with E-state index in [1.165, 1.54) is 17.8 Å². The van der Waals surface area contributed by atoms with Gasteiger partial charge < -0.3 is 19.7 Å². The summed E-state index contributed by atoms with van der Waals surface area (Å²) >= 11 is 1.39. The summed E-state index contributed by atoms with van der Waals surface area (Å²) in [5.74, 6) is 1.06. The van der Waals surface area contributed by atoms with Gasteiger partial charge in [-0.3, -0.25) is 9.59 Å². The van der Waals surface area contributed by atoms with Crippen LogP contribution in [0.5, 0.6) is 11.5 Å². The van der Waals surface area contributed by atoms with E-state index >= 15 is 0 Å². The van der Waals surface area contributed by atoms with Crippen molar-refractivity contribution in [3.8, 4) is 11.5 Å². The van der Waals surface area contributed by atoms with Gasteiger partial charge in [-0.1, -0.05) is 55.7 Å². The summed E-state index contributed by atoms with van der Waals surface area (Å²) in [6.07, 6.45) is 5.41. The van der Waals surface area contributed by atoms with Crippen LogP contribution < -0.4 is 14.8 Å². The third-order valence-corrected chi connectivity index (χ3v) is 7.64. The molecule has 1 aliphatic heterocycles. The molecular formula is C28H30N2O4S. The van der Waals surface area contributed by atoms with E-state index < -0.39 is 6.04 Å². The first kappa shape index (κ1) is 23.4. The Balaban J connectivity index is 1.53. The fraction of sp³-hybridized carbons (Fsp3) is 0.357. The Morgan fingerprint density at radius 2 is 1.83 bits per heavy atom. The molecule has 5 rings (SSSR count). The molecule has 1 N–H and O–H groups in total. The minimum atomic E-state index is -0.752. The summed E-state index contributed by atoms with van der Waals surface area (Å²) in [6.45, 7) is 2.45. The molecule has 0 spiro atoms. The van der Waals surface area contributed by atoms with Crippen molar-refractivity contribution in [2.75, 3.05) is 6.79 Å². The van der Waals surface area contributed by atoms with Gasteiger partial charge in [0.25, 0.3) is 5.91 Å². The smallest absolute Gasteiger partial charge is 0.265 e. The van der Waals surface area contributed by atoms with E-state index in [0.717, 1.165) is 42.4 Å². The standard InChI is InChI=1S/C28H30N2O4S/c1-19-8-5-6-11-22(19)26(27(31)29-21-9-3-2-4-10-21)30(28(32)25-12-7-15-35-25)17-20-13-14-23-24(16-20)34-18-33-23/h5-8,11-16,21,26H,2-4,9-10,17-18H2,1H3,(H,29,31)/t26-/m1/s1. The highest BCUT2D eigenvalue weighted by molar-refractivity contribution is 7.12. The number of benzene rings is 2. The highest BCUT2D eigenvalue weighted by Crippen LogP contribution is 2.35. The largest absolute Gasteiger partial charge is 0.454 e. The van der Waals surface area contributed by atoms with Crippen molar-refractivity contribution in [2.45, 2.75) is 57.7 Å². The van der Waals surface area contributed by atoms with Crippen molar-refractivity contribution in [2.24, 2.45) is 0 Å². The molecule has 6 nitrogen and oxygen atoms in total. The number of hydrogen-bond acceptors (Lipinski definition) is 5. The summed E-state index contributed by atoms with van der Waals surface area (Å²) in [6, 6.07) is 16.6. The third-order valence-electron chi connectivity index (χ3n) is 6.78. The van der Waals surface area contributed by atoms with Crippen LogP contribution in [0.15, 0.2) is 60.0 Å². The van der Waals surface area contributed by atoms with E-state index in [-0.39, 0.29) is 31.2 Å². The Morgan fingerprint density at radius 3 is 2.60 bits per heavy atom. The fourth-order valence-corrected chi connectivity index (χ4v) is 5.61. The summed E-state index contributed by atoms with van der Waals surface area (Å²) in [4.78, 5) is 30.1. The lowest BCUT2D eigenvalue weighted by Crippen LogP contribution is -2.47. The number of ether oxygens (including phenoxy) is 2. The van der Waals surface area contributed by atoms with Crippen LogP contribution in [0.25, 0.3) is 0 Å².